The van der Waals surface area contributed by atoms with Crippen molar-refractivity contribution in [1.82, 2.24) is 4.31 Å². The predicted octanol–water partition coefficient (Wildman–Crippen LogP) is 3.03. The van der Waals surface area contributed by atoms with Crippen LogP contribution in [0.25, 0.3) is 0 Å². The molecule has 0 aromatic heterocycles. The van der Waals surface area contributed by atoms with Gasteiger partial charge in [0.25, 0.3) is 0 Å². The molecule has 2 aromatic carbocycles. The van der Waals surface area contributed by atoms with Crippen molar-refractivity contribution < 1.29 is 17.9 Å². The third-order valence-corrected chi connectivity index (χ3v) is 5.54. The molecule has 5 nitrogen and oxygen atoms in total. The Bertz CT molecular complexity index is 663. The Morgan fingerprint density at radius 3 is 1.88 bits per heavy atom. The molecular weight excluding hydrogens is 338 g/mol. The smallest absolute Gasteiger partial charge is 0.214 e. The van der Waals surface area contributed by atoms with Crippen molar-refractivity contribution in [2.75, 3.05) is 26.3 Å². The van der Waals surface area contributed by atoms with Gasteiger partial charge in [0.15, 0.2) is 0 Å². The molecule has 0 N–H and O–H groups in total. The highest BCUT2D eigenvalue weighted by Crippen LogP contribution is 2.15. The summed E-state index contributed by atoms with van der Waals surface area (Å²) >= 11 is 0. The topological polar surface area (TPSA) is 55.8 Å². The molecule has 6 heteroatoms. The van der Waals surface area contributed by atoms with Gasteiger partial charge < -0.3 is 9.47 Å². The summed E-state index contributed by atoms with van der Waals surface area (Å²) in [4.78, 5) is 0. The van der Waals surface area contributed by atoms with Crippen molar-refractivity contribution in [3.8, 4) is 0 Å². The Balaban J connectivity index is 2.06. The van der Waals surface area contributed by atoms with Crippen LogP contribution in [0, 0.1) is 0 Å². The van der Waals surface area contributed by atoms with Crippen molar-refractivity contribution >= 4 is 10.0 Å². The van der Waals surface area contributed by atoms with Gasteiger partial charge in [0.2, 0.25) is 10.0 Å². The van der Waals surface area contributed by atoms with E-state index in [0.717, 1.165) is 11.1 Å². The van der Waals surface area contributed by atoms with Gasteiger partial charge in [-0.1, -0.05) is 60.7 Å². The zero-order valence-electron chi connectivity index (χ0n) is 14.5. The summed E-state index contributed by atoms with van der Waals surface area (Å²) < 4.78 is 37.1. The van der Waals surface area contributed by atoms with Gasteiger partial charge in [0.05, 0.1) is 12.4 Å². The SMILES string of the molecule is COCOCCCS(=O)(=O)N(Cc1ccccc1)Cc1ccccc1. The first kappa shape index (κ1) is 19.6. The minimum Gasteiger partial charge on any atom is -0.359 e. The van der Waals surface area contributed by atoms with Gasteiger partial charge in [-0.25, -0.2) is 8.42 Å². The molecule has 0 radical (unpaired) electrons. The van der Waals surface area contributed by atoms with E-state index in [9.17, 15) is 8.42 Å². The average molecular weight is 363 g/mol. The number of nitrogens with zero attached hydrogens (tertiary/aromatic N) is 1. The zero-order chi connectivity index (χ0) is 18.0. The predicted molar refractivity (Wildman–Crippen MR) is 98.4 cm³/mol. The molecule has 2 aromatic rings. The number of benzene rings is 2. The van der Waals surface area contributed by atoms with Gasteiger partial charge >= 0.3 is 0 Å². The molecule has 0 saturated heterocycles. The fourth-order valence-electron chi connectivity index (χ4n) is 2.44. The van der Waals surface area contributed by atoms with Crippen LogP contribution < -0.4 is 0 Å². The lowest BCUT2D eigenvalue weighted by Gasteiger charge is -2.22. The minimum absolute atomic E-state index is 0.0520. The Kier molecular flexibility index (Phi) is 8.08. The van der Waals surface area contributed by atoms with Crippen molar-refractivity contribution in [2.24, 2.45) is 0 Å². The fraction of sp³-hybridized carbons (Fsp3) is 0.368. The third kappa shape index (κ3) is 6.96. The lowest BCUT2D eigenvalue weighted by molar-refractivity contribution is -0.0299. The second-order valence-corrected chi connectivity index (χ2v) is 7.81. The van der Waals surface area contributed by atoms with Gasteiger partial charge in [0.1, 0.15) is 6.79 Å². The van der Waals surface area contributed by atoms with Crippen LogP contribution in [-0.2, 0) is 32.6 Å². The largest absolute Gasteiger partial charge is 0.359 e. The van der Waals surface area contributed by atoms with Crippen molar-refractivity contribution in [1.29, 1.82) is 0 Å². The summed E-state index contributed by atoms with van der Waals surface area (Å²) in [6.07, 6.45) is 0.436. The molecule has 0 fully saturated rings. The highest BCUT2D eigenvalue weighted by atomic mass is 32.2. The van der Waals surface area contributed by atoms with E-state index in [2.05, 4.69) is 0 Å². The highest BCUT2D eigenvalue weighted by Gasteiger charge is 2.22. The lowest BCUT2D eigenvalue weighted by Crippen LogP contribution is -2.32. The molecular formula is C19H25NO4S. The van der Waals surface area contributed by atoms with Crippen molar-refractivity contribution in [2.45, 2.75) is 19.5 Å². The third-order valence-electron chi connectivity index (χ3n) is 3.69. The van der Waals surface area contributed by atoms with Crippen LogP contribution in [0.1, 0.15) is 17.5 Å². The molecule has 2 rings (SSSR count). The standard InChI is InChI=1S/C19H25NO4S/c1-23-17-24-13-8-14-25(21,22)20(15-18-9-4-2-5-10-18)16-19-11-6-3-7-12-19/h2-7,9-12H,8,13-17H2,1H3. The van der Waals surface area contributed by atoms with Gasteiger partial charge in [-0.15, -0.1) is 0 Å². The summed E-state index contributed by atoms with van der Waals surface area (Å²) in [5.41, 5.74) is 1.94. The monoisotopic (exact) mass is 363 g/mol. The zero-order valence-corrected chi connectivity index (χ0v) is 15.3. The fourth-order valence-corrected chi connectivity index (χ4v) is 3.87. The van der Waals surface area contributed by atoms with Crippen LogP contribution in [0.4, 0.5) is 0 Å². The highest BCUT2D eigenvalue weighted by molar-refractivity contribution is 7.89. The minimum atomic E-state index is -3.39. The molecule has 0 saturated carbocycles. The van der Waals surface area contributed by atoms with Crippen molar-refractivity contribution in [3.05, 3.63) is 71.8 Å². The van der Waals surface area contributed by atoms with Gasteiger partial charge in [-0.05, 0) is 17.5 Å². The number of hydrogen-bond acceptors (Lipinski definition) is 4. The van der Waals surface area contributed by atoms with Crippen LogP contribution in [0.2, 0.25) is 0 Å². The van der Waals surface area contributed by atoms with E-state index in [0.29, 0.717) is 26.1 Å². The van der Waals surface area contributed by atoms with E-state index < -0.39 is 10.0 Å². The number of methoxy groups -OCH3 is 1. The second-order valence-electron chi connectivity index (χ2n) is 5.72. The molecule has 0 spiro atoms. The molecule has 0 bridgehead atoms. The van der Waals surface area contributed by atoms with E-state index in [4.69, 9.17) is 9.47 Å². The molecule has 0 aliphatic heterocycles. The number of rotatable bonds is 11. The Hall–Kier alpha value is -1.73. The first-order valence-electron chi connectivity index (χ1n) is 8.24. The molecule has 0 amide bonds. The summed E-state index contributed by atoms with van der Waals surface area (Å²) in [7, 11) is -1.85. The first-order chi connectivity index (χ1) is 12.1. The Morgan fingerprint density at radius 1 is 0.880 bits per heavy atom. The van der Waals surface area contributed by atoms with Crippen LogP contribution >= 0.6 is 0 Å². The lowest BCUT2D eigenvalue weighted by atomic mass is 10.2. The summed E-state index contributed by atoms with van der Waals surface area (Å²) in [6.45, 7) is 1.25. The summed E-state index contributed by atoms with van der Waals surface area (Å²) in [6, 6.07) is 19.3. The van der Waals surface area contributed by atoms with Crippen LogP contribution in [0.15, 0.2) is 60.7 Å². The molecule has 0 aliphatic carbocycles. The maximum Gasteiger partial charge on any atom is 0.214 e. The van der Waals surface area contributed by atoms with E-state index in [1.807, 2.05) is 60.7 Å². The van der Waals surface area contributed by atoms with Crippen LogP contribution in [-0.4, -0.2) is 39.0 Å². The maximum absolute atomic E-state index is 12.8. The maximum atomic E-state index is 12.8. The summed E-state index contributed by atoms with van der Waals surface area (Å²) in [5, 5.41) is 0. The summed E-state index contributed by atoms with van der Waals surface area (Å²) in [5.74, 6) is 0.0520. The van der Waals surface area contributed by atoms with Gasteiger partial charge in [-0.3, -0.25) is 0 Å². The Labute approximate surface area is 150 Å². The average Bonchev–Trinajstić information content (AvgIpc) is 2.63. The normalized spacial score (nSPS) is 11.8. The number of ether oxygens (including phenoxy) is 2. The van der Waals surface area contributed by atoms with E-state index in [-0.39, 0.29) is 12.5 Å². The number of sulfonamides is 1. The van der Waals surface area contributed by atoms with Crippen LogP contribution in [0.5, 0.6) is 0 Å². The first-order valence-corrected chi connectivity index (χ1v) is 9.85. The number of hydrogen-bond donors (Lipinski definition) is 0. The van der Waals surface area contributed by atoms with E-state index >= 15 is 0 Å². The molecule has 0 aliphatic rings. The molecule has 0 unspecified atom stereocenters. The second kappa shape index (κ2) is 10.3. The molecule has 0 atom stereocenters. The van der Waals surface area contributed by atoms with Gasteiger partial charge in [0, 0.05) is 20.2 Å². The van der Waals surface area contributed by atoms with Gasteiger partial charge in [-0.2, -0.15) is 4.31 Å². The van der Waals surface area contributed by atoms with E-state index in [1.54, 1.807) is 0 Å². The van der Waals surface area contributed by atoms with E-state index in [1.165, 1.54) is 11.4 Å². The Morgan fingerprint density at radius 2 is 1.40 bits per heavy atom. The van der Waals surface area contributed by atoms with Crippen LogP contribution in [0.3, 0.4) is 0 Å². The van der Waals surface area contributed by atoms with Crippen molar-refractivity contribution in [3.63, 3.8) is 0 Å². The molecule has 0 heterocycles. The molecule has 25 heavy (non-hydrogen) atoms. The quantitative estimate of drug-likeness (QED) is 0.455. The molecule has 136 valence electrons.